The number of alkyl halides is 6. The summed E-state index contributed by atoms with van der Waals surface area (Å²) in [6.07, 6.45) is 4.57. The number of benzene rings is 2. The molecule has 0 amide bonds. The first-order valence-corrected chi connectivity index (χ1v) is 14.1. The summed E-state index contributed by atoms with van der Waals surface area (Å²) in [6, 6.07) is 15.8. The van der Waals surface area contributed by atoms with Crippen molar-refractivity contribution in [3.63, 3.8) is 0 Å². The average molecular weight is 684 g/mol. The van der Waals surface area contributed by atoms with Crippen LogP contribution in [0.5, 0.6) is 0 Å². The van der Waals surface area contributed by atoms with Gasteiger partial charge in [-0.25, -0.2) is 0 Å². The SMILES string of the molecule is O=S(=O)(O)C(F)(F)F.O=S(=O)(O)C(F)(F)F.[Cu].[NH-]c1ccccc1C[N-]C1CCCCC1[N-]Cc1ccccc1[NH-]. The summed E-state index contributed by atoms with van der Waals surface area (Å²) in [7, 11) is -11.7. The number of nitrogens with zero attached hydrogens (tertiary/aromatic N) is 2. The minimum absolute atomic E-state index is 0. The van der Waals surface area contributed by atoms with E-state index in [0.29, 0.717) is 24.5 Å². The van der Waals surface area contributed by atoms with Crippen LogP contribution in [-0.2, 0) is 50.4 Å². The van der Waals surface area contributed by atoms with Gasteiger partial charge in [0.2, 0.25) is 0 Å². The third-order valence-electron chi connectivity index (χ3n) is 5.31. The van der Waals surface area contributed by atoms with Gasteiger partial charge >= 0.3 is 31.3 Å². The summed E-state index contributed by atoms with van der Waals surface area (Å²) in [6.45, 7) is 1.21. The Morgan fingerprint density at radius 3 is 1.20 bits per heavy atom. The third-order valence-corrected chi connectivity index (χ3v) is 6.48. The van der Waals surface area contributed by atoms with Crippen molar-refractivity contribution in [1.29, 1.82) is 0 Å². The van der Waals surface area contributed by atoms with Gasteiger partial charge in [0.1, 0.15) is 0 Å². The largest absolute Gasteiger partial charge is 0.699 e. The molecule has 1 saturated carbocycles. The number of nitrogens with one attached hydrogen (secondary N) is 2. The Bertz CT molecular complexity index is 1200. The van der Waals surface area contributed by atoms with Gasteiger partial charge in [0.25, 0.3) is 0 Å². The predicted molar refractivity (Wildman–Crippen MR) is 136 cm³/mol. The zero-order valence-corrected chi connectivity index (χ0v) is 23.4. The van der Waals surface area contributed by atoms with Gasteiger partial charge in [-0.3, -0.25) is 9.11 Å². The van der Waals surface area contributed by atoms with Crippen LogP contribution in [0, 0.1) is 0 Å². The first-order valence-electron chi connectivity index (χ1n) is 11.2. The third kappa shape index (κ3) is 14.1. The smallest absolute Gasteiger partial charge is 0.522 e. The summed E-state index contributed by atoms with van der Waals surface area (Å²) in [4.78, 5) is 0. The number of halogens is 6. The molecule has 19 heteroatoms. The molecule has 0 bridgehead atoms. The summed E-state index contributed by atoms with van der Waals surface area (Å²) < 4.78 is 115. The second-order valence-corrected chi connectivity index (χ2v) is 11.1. The average Bonchev–Trinajstić information content (AvgIpc) is 2.82. The second-order valence-electron chi connectivity index (χ2n) is 8.26. The minimum atomic E-state index is -5.84. The van der Waals surface area contributed by atoms with Crippen LogP contribution < -0.4 is 0 Å². The Morgan fingerprint density at radius 2 is 0.951 bits per heavy atom. The van der Waals surface area contributed by atoms with E-state index in [0.717, 1.165) is 24.0 Å². The molecule has 2 atom stereocenters. The molecule has 0 heterocycles. The van der Waals surface area contributed by atoms with Crippen molar-refractivity contribution in [2.45, 2.75) is 61.9 Å². The van der Waals surface area contributed by atoms with Gasteiger partial charge in [-0.15, -0.1) is 24.5 Å². The van der Waals surface area contributed by atoms with Gasteiger partial charge in [0, 0.05) is 17.1 Å². The Kier molecular flexibility index (Phi) is 15.6. The first-order chi connectivity index (χ1) is 18.2. The maximum atomic E-state index is 10.7. The van der Waals surface area contributed by atoms with E-state index >= 15 is 0 Å². The standard InChI is InChI=1S/C20H24N4.2CHF3O3S.Cu/c21-17-9-3-1-7-15(17)13-23-19-11-5-6-12-20(19)24-14-16-8-2-4-10-18(16)22;2*2-1(3,4)8(5,6)7;/h1-4,7-10,19-22H,5-6,11-14H2;2*(H,5,6,7);/q-4;;;. The summed E-state index contributed by atoms with van der Waals surface area (Å²) in [5, 5.41) is 9.74. The van der Waals surface area contributed by atoms with E-state index in [1.807, 2.05) is 48.5 Å². The van der Waals surface area contributed by atoms with Crippen LogP contribution in [0.15, 0.2) is 48.5 Å². The summed E-state index contributed by atoms with van der Waals surface area (Å²) >= 11 is 0. The Morgan fingerprint density at radius 1 is 0.683 bits per heavy atom. The van der Waals surface area contributed by atoms with Gasteiger partial charge < -0.3 is 22.1 Å². The van der Waals surface area contributed by atoms with Crippen molar-refractivity contribution in [2.75, 3.05) is 0 Å². The molecule has 1 radical (unpaired) electrons. The van der Waals surface area contributed by atoms with Gasteiger partial charge in [-0.05, 0) is 0 Å². The molecule has 4 N–H and O–H groups in total. The van der Waals surface area contributed by atoms with Crippen LogP contribution >= 0.6 is 0 Å². The van der Waals surface area contributed by atoms with E-state index in [1.165, 1.54) is 12.8 Å². The van der Waals surface area contributed by atoms with Crippen molar-refractivity contribution in [1.82, 2.24) is 0 Å². The van der Waals surface area contributed by atoms with Gasteiger partial charge in [-0.1, -0.05) is 85.3 Å². The van der Waals surface area contributed by atoms with Crippen LogP contribution in [0.2, 0.25) is 0 Å². The van der Waals surface area contributed by atoms with Crippen LogP contribution in [0.1, 0.15) is 36.8 Å². The molecule has 41 heavy (non-hydrogen) atoms. The summed E-state index contributed by atoms with van der Waals surface area (Å²) in [5.74, 6) is 0. The van der Waals surface area contributed by atoms with Crippen molar-refractivity contribution in [2.24, 2.45) is 0 Å². The molecule has 0 aliphatic heterocycles. The van der Waals surface area contributed by atoms with E-state index in [2.05, 4.69) is 0 Å². The van der Waals surface area contributed by atoms with Crippen LogP contribution in [0.4, 0.5) is 37.7 Å². The molecular formula is C22H26CuF6N4O6S2-4. The Balaban J connectivity index is 0.000000781. The topological polar surface area (TPSA) is 185 Å². The Labute approximate surface area is 244 Å². The molecule has 1 fully saturated rings. The number of hydrogen-bond acceptors (Lipinski definition) is 4. The van der Waals surface area contributed by atoms with Gasteiger partial charge in [0.05, 0.1) is 0 Å². The fourth-order valence-corrected chi connectivity index (χ4v) is 3.27. The predicted octanol–water partition coefficient (Wildman–Crippen LogP) is 7.60. The summed E-state index contributed by atoms with van der Waals surface area (Å²) in [5.41, 5.74) is 7.93. The molecule has 2 aromatic carbocycles. The van der Waals surface area contributed by atoms with Crippen LogP contribution in [0.25, 0.3) is 22.1 Å². The zero-order chi connectivity index (χ0) is 30.8. The zero-order valence-electron chi connectivity index (χ0n) is 20.8. The normalized spacial score (nSPS) is 17.7. The molecule has 1 aliphatic rings. The van der Waals surface area contributed by atoms with E-state index in [9.17, 15) is 26.3 Å². The first kappa shape index (κ1) is 38.9. The second kappa shape index (κ2) is 16.5. The maximum absolute atomic E-state index is 10.7. The molecule has 0 aromatic heterocycles. The maximum Gasteiger partial charge on any atom is 0.522 e. The van der Waals surface area contributed by atoms with E-state index < -0.39 is 31.3 Å². The fraction of sp³-hybridized carbons (Fsp3) is 0.455. The van der Waals surface area contributed by atoms with E-state index in [-0.39, 0.29) is 29.2 Å². The molecule has 2 unspecified atom stereocenters. The van der Waals surface area contributed by atoms with E-state index in [4.69, 9.17) is 48.0 Å². The molecule has 239 valence electrons. The molecule has 1 aliphatic carbocycles. The molecule has 2 aromatic rings. The van der Waals surface area contributed by atoms with Crippen LogP contribution in [0.3, 0.4) is 0 Å². The van der Waals surface area contributed by atoms with Crippen molar-refractivity contribution in [3.8, 4) is 0 Å². The van der Waals surface area contributed by atoms with Crippen molar-refractivity contribution >= 4 is 31.6 Å². The Hall–Kier alpha value is -2.12. The van der Waals surface area contributed by atoms with Crippen molar-refractivity contribution < 1.29 is 69.4 Å². The van der Waals surface area contributed by atoms with Crippen molar-refractivity contribution in [3.05, 3.63) is 81.8 Å². The number of hydrogen-bond donors (Lipinski definition) is 2. The number of rotatable bonds is 6. The van der Waals surface area contributed by atoms with E-state index in [1.54, 1.807) is 0 Å². The molecule has 0 spiro atoms. The van der Waals surface area contributed by atoms with Gasteiger partial charge in [0.15, 0.2) is 0 Å². The molecule has 10 nitrogen and oxygen atoms in total. The van der Waals surface area contributed by atoms with Gasteiger partial charge in [-0.2, -0.15) is 55.3 Å². The molecule has 0 saturated heterocycles. The monoisotopic (exact) mass is 683 g/mol. The molecule has 3 rings (SSSR count). The fourth-order valence-electron chi connectivity index (χ4n) is 3.27. The minimum Gasteiger partial charge on any atom is -0.699 e. The molecular weight excluding hydrogens is 658 g/mol. The quantitative estimate of drug-likeness (QED) is 0.137. The van der Waals surface area contributed by atoms with Crippen LogP contribution in [-0.4, -0.2) is 49.0 Å².